The summed E-state index contributed by atoms with van der Waals surface area (Å²) in [5, 5.41) is 16.4. The van der Waals surface area contributed by atoms with Crippen LogP contribution in [-0.2, 0) is 6.54 Å². The van der Waals surface area contributed by atoms with E-state index in [1.807, 2.05) is 12.1 Å². The van der Waals surface area contributed by atoms with E-state index < -0.39 is 0 Å². The highest BCUT2D eigenvalue weighted by molar-refractivity contribution is 7.98. The second-order valence-electron chi connectivity index (χ2n) is 9.63. The molecule has 4 bridgehead atoms. The first-order valence-corrected chi connectivity index (χ1v) is 12.4. The van der Waals surface area contributed by atoms with Crippen molar-refractivity contribution in [2.45, 2.75) is 49.6 Å². The van der Waals surface area contributed by atoms with Crippen LogP contribution in [-0.4, -0.2) is 28.8 Å². The van der Waals surface area contributed by atoms with Gasteiger partial charge in [-0.3, -0.25) is 0 Å². The van der Waals surface area contributed by atoms with Gasteiger partial charge in [0.05, 0.1) is 6.20 Å². The summed E-state index contributed by atoms with van der Waals surface area (Å²) in [6.07, 6.45) is 10.0. The SMILES string of the molecule is CSc1ccccc1CNc1ncc(C#N)c(NCC23CC4C[C@H](C2)C(N)[C@@H](C4)C3)n1. The average Bonchev–Trinajstić information content (AvgIpc) is 2.79. The third-order valence-electron chi connectivity index (χ3n) is 7.64. The maximum atomic E-state index is 9.57. The van der Waals surface area contributed by atoms with Gasteiger partial charge in [0.15, 0.2) is 0 Å². The lowest BCUT2D eigenvalue weighted by molar-refractivity contribution is -0.0591. The number of aromatic nitrogens is 2. The number of nitrogens with zero attached hydrogens (tertiary/aromatic N) is 3. The molecule has 31 heavy (non-hydrogen) atoms. The van der Waals surface area contributed by atoms with Crippen LogP contribution in [0.1, 0.15) is 43.2 Å². The summed E-state index contributed by atoms with van der Waals surface area (Å²) in [5.41, 5.74) is 8.51. The zero-order valence-corrected chi connectivity index (χ0v) is 18.8. The van der Waals surface area contributed by atoms with E-state index in [9.17, 15) is 5.26 Å². The fourth-order valence-corrected chi connectivity index (χ4v) is 7.04. The fraction of sp³-hybridized carbons (Fsp3) is 0.542. The van der Waals surface area contributed by atoms with E-state index in [4.69, 9.17) is 5.73 Å². The summed E-state index contributed by atoms with van der Waals surface area (Å²) in [6.45, 7) is 1.51. The number of anilines is 2. The number of rotatable bonds is 7. The summed E-state index contributed by atoms with van der Waals surface area (Å²) in [4.78, 5) is 10.3. The molecule has 0 aliphatic heterocycles. The van der Waals surface area contributed by atoms with Gasteiger partial charge in [0.25, 0.3) is 0 Å². The second kappa shape index (κ2) is 8.33. The zero-order valence-electron chi connectivity index (χ0n) is 18.0. The van der Waals surface area contributed by atoms with Gasteiger partial charge >= 0.3 is 0 Å². The Kier molecular flexibility index (Phi) is 5.53. The molecule has 0 radical (unpaired) electrons. The highest BCUT2D eigenvalue weighted by atomic mass is 32.2. The zero-order chi connectivity index (χ0) is 21.4. The lowest BCUT2D eigenvalue weighted by Gasteiger charge is -2.59. The summed E-state index contributed by atoms with van der Waals surface area (Å²) in [7, 11) is 0. The maximum Gasteiger partial charge on any atom is 0.224 e. The van der Waals surface area contributed by atoms with Crippen LogP contribution in [0.3, 0.4) is 0 Å². The van der Waals surface area contributed by atoms with E-state index in [0.29, 0.717) is 47.2 Å². The van der Waals surface area contributed by atoms with Gasteiger partial charge < -0.3 is 16.4 Å². The lowest BCUT2D eigenvalue weighted by atomic mass is 9.48. The quantitative estimate of drug-likeness (QED) is 0.560. The molecule has 4 aliphatic rings. The van der Waals surface area contributed by atoms with E-state index in [-0.39, 0.29) is 0 Å². The Morgan fingerprint density at radius 3 is 2.71 bits per heavy atom. The Hall–Kier alpha value is -2.30. The number of nitriles is 1. The number of nitrogens with one attached hydrogen (secondary N) is 2. The standard InChI is InChI=1S/C24H30N6S/c1-31-20-5-3-2-4-16(20)12-27-23-28-13-19(11-25)22(30-23)29-14-24-8-15-6-17(9-24)21(26)18(7-15)10-24/h2-5,13,15,17-18,21H,6-10,12,14,26H2,1H3,(H2,27,28,29,30)/t15?,17-,18+,21?,24?. The predicted molar refractivity (Wildman–Crippen MR) is 125 cm³/mol. The van der Waals surface area contributed by atoms with Crippen LogP contribution in [0.5, 0.6) is 0 Å². The van der Waals surface area contributed by atoms with Crippen LogP contribution in [0.4, 0.5) is 11.8 Å². The molecule has 5 atom stereocenters. The number of nitrogens with two attached hydrogens (primary N) is 1. The molecule has 0 amide bonds. The molecule has 0 saturated heterocycles. The molecule has 7 heteroatoms. The van der Waals surface area contributed by atoms with Gasteiger partial charge in [0.1, 0.15) is 17.5 Å². The smallest absolute Gasteiger partial charge is 0.224 e. The number of hydrogen-bond donors (Lipinski definition) is 3. The minimum absolute atomic E-state index is 0.301. The molecule has 4 aliphatic carbocycles. The van der Waals surface area contributed by atoms with Gasteiger partial charge in [0.2, 0.25) is 5.95 Å². The molecule has 1 aromatic heterocycles. The molecule has 1 aromatic carbocycles. The van der Waals surface area contributed by atoms with Crippen LogP contribution in [0.15, 0.2) is 35.4 Å². The van der Waals surface area contributed by atoms with Crippen LogP contribution < -0.4 is 16.4 Å². The monoisotopic (exact) mass is 434 g/mol. The lowest BCUT2D eigenvalue weighted by Crippen LogP contribution is -2.58. The number of hydrogen-bond acceptors (Lipinski definition) is 7. The van der Waals surface area contributed by atoms with Crippen LogP contribution in [0, 0.1) is 34.5 Å². The molecule has 2 aromatic rings. The van der Waals surface area contributed by atoms with Crippen molar-refractivity contribution in [3.8, 4) is 6.07 Å². The van der Waals surface area contributed by atoms with Crippen molar-refractivity contribution < 1.29 is 0 Å². The summed E-state index contributed by atoms with van der Waals surface area (Å²) >= 11 is 1.73. The van der Waals surface area contributed by atoms with E-state index in [0.717, 1.165) is 12.5 Å². The number of thioether (sulfide) groups is 1. The van der Waals surface area contributed by atoms with Crippen molar-refractivity contribution in [1.82, 2.24) is 9.97 Å². The molecule has 162 valence electrons. The van der Waals surface area contributed by atoms with Crippen LogP contribution in [0.25, 0.3) is 0 Å². The summed E-state index contributed by atoms with van der Waals surface area (Å²) in [5.74, 6) is 3.35. The first-order valence-electron chi connectivity index (χ1n) is 11.2. The first kappa shape index (κ1) is 20.6. The third kappa shape index (κ3) is 3.99. The largest absolute Gasteiger partial charge is 0.368 e. The van der Waals surface area contributed by atoms with E-state index in [1.165, 1.54) is 42.6 Å². The molecule has 4 N–H and O–H groups in total. The Morgan fingerprint density at radius 1 is 1.19 bits per heavy atom. The van der Waals surface area contributed by atoms with Gasteiger partial charge in [-0.1, -0.05) is 18.2 Å². The maximum absolute atomic E-state index is 9.57. The minimum atomic E-state index is 0.301. The van der Waals surface area contributed by atoms with E-state index >= 15 is 0 Å². The fourth-order valence-electron chi connectivity index (χ4n) is 6.43. The molecule has 0 spiro atoms. The van der Waals surface area contributed by atoms with Crippen LogP contribution >= 0.6 is 11.8 Å². The molecule has 4 saturated carbocycles. The molecular formula is C24H30N6S. The minimum Gasteiger partial charge on any atom is -0.368 e. The highest BCUT2D eigenvalue weighted by Crippen LogP contribution is 2.59. The van der Waals surface area contributed by atoms with E-state index in [1.54, 1.807) is 18.0 Å². The van der Waals surface area contributed by atoms with Crippen molar-refractivity contribution in [2.75, 3.05) is 23.4 Å². The third-order valence-corrected chi connectivity index (χ3v) is 8.48. The highest BCUT2D eigenvalue weighted by Gasteiger charge is 2.54. The summed E-state index contributed by atoms with van der Waals surface area (Å²) < 4.78 is 0. The first-order chi connectivity index (χ1) is 15.1. The van der Waals surface area contributed by atoms with Gasteiger partial charge in [-0.05, 0) is 73.2 Å². The molecule has 3 unspecified atom stereocenters. The molecule has 6 rings (SSSR count). The van der Waals surface area contributed by atoms with Gasteiger partial charge in [-0.15, -0.1) is 11.8 Å². The Balaban J connectivity index is 1.29. The predicted octanol–water partition coefficient (Wildman–Crippen LogP) is 4.25. The summed E-state index contributed by atoms with van der Waals surface area (Å²) in [6, 6.07) is 10.9. The Morgan fingerprint density at radius 2 is 1.97 bits per heavy atom. The van der Waals surface area contributed by atoms with Crippen molar-refractivity contribution in [3.05, 3.63) is 41.6 Å². The Bertz CT molecular complexity index is 986. The average molecular weight is 435 g/mol. The van der Waals surface area contributed by atoms with Gasteiger partial charge in [-0.2, -0.15) is 10.2 Å². The van der Waals surface area contributed by atoms with Gasteiger partial charge in [-0.25, -0.2) is 4.98 Å². The second-order valence-corrected chi connectivity index (χ2v) is 10.5. The van der Waals surface area contributed by atoms with Crippen molar-refractivity contribution in [3.63, 3.8) is 0 Å². The van der Waals surface area contributed by atoms with Crippen molar-refractivity contribution in [1.29, 1.82) is 5.26 Å². The Labute approximate surface area is 188 Å². The van der Waals surface area contributed by atoms with Crippen molar-refractivity contribution >= 4 is 23.5 Å². The molecule has 6 nitrogen and oxygen atoms in total. The molecule has 1 heterocycles. The topological polar surface area (TPSA) is 99.7 Å². The van der Waals surface area contributed by atoms with E-state index in [2.05, 4.69) is 45.1 Å². The van der Waals surface area contributed by atoms with Gasteiger partial charge in [0, 0.05) is 24.0 Å². The molecular weight excluding hydrogens is 404 g/mol. The normalized spacial score (nSPS) is 30.7. The molecule has 4 fully saturated rings. The number of benzene rings is 1. The van der Waals surface area contributed by atoms with Crippen LogP contribution in [0.2, 0.25) is 0 Å². The van der Waals surface area contributed by atoms with Crippen molar-refractivity contribution in [2.24, 2.45) is 28.9 Å².